The van der Waals surface area contributed by atoms with Gasteiger partial charge in [-0.05, 0) is 12.8 Å². The van der Waals surface area contributed by atoms with E-state index in [1.54, 1.807) is 0 Å². The molecular formula is C30H60O2Zn. The van der Waals surface area contributed by atoms with Gasteiger partial charge < -0.3 is 9.90 Å². The molecule has 0 aromatic carbocycles. The summed E-state index contributed by atoms with van der Waals surface area (Å²) in [6, 6.07) is 0. The Kier molecular flexibility index (Phi) is 36.6. The van der Waals surface area contributed by atoms with E-state index in [4.69, 9.17) is 0 Å². The van der Waals surface area contributed by atoms with Crippen LogP contribution in [-0.4, -0.2) is 5.97 Å². The second kappa shape index (κ2) is 34.3. The van der Waals surface area contributed by atoms with Gasteiger partial charge in [-0.1, -0.05) is 96.8 Å². The molecule has 0 atom stereocenters. The summed E-state index contributed by atoms with van der Waals surface area (Å²) in [7, 11) is 0. The van der Waals surface area contributed by atoms with E-state index in [2.05, 4.69) is 13.8 Å². The predicted octanol–water partition coefficient (Wildman–Crippen LogP) is 9.87. The molecule has 0 amide bonds. The summed E-state index contributed by atoms with van der Waals surface area (Å²) >= 11 is 1.50. The Hall–Kier alpha value is 0.0934. The van der Waals surface area contributed by atoms with Gasteiger partial charge in [-0.25, -0.2) is 0 Å². The zero-order valence-corrected chi connectivity index (χ0v) is 26.1. The molecule has 0 rings (SSSR count). The number of rotatable bonds is 26. The monoisotopic (exact) mass is 516 g/mol. The average Bonchev–Trinajstić information content (AvgIpc) is 2.81. The van der Waals surface area contributed by atoms with E-state index in [0.29, 0.717) is 0 Å². The van der Waals surface area contributed by atoms with Crippen molar-refractivity contribution in [3.8, 4) is 0 Å². The van der Waals surface area contributed by atoms with Gasteiger partial charge in [0.05, 0.1) is 0 Å². The van der Waals surface area contributed by atoms with Gasteiger partial charge in [0.2, 0.25) is 0 Å². The number of carbonyl (C=O) groups excluding carboxylic acids is 1. The molecule has 194 valence electrons. The van der Waals surface area contributed by atoms with Crippen LogP contribution in [0.2, 0.25) is 5.02 Å². The fraction of sp³-hybridized carbons (Fsp3) is 0.967. The molecule has 0 aliphatic heterocycles. The standard InChI is InChI=1S/C18H36O2.C12H25.Zn/c1-2-3-4-5-6-7-8-9-10-11-12-13-14-15-16-17-18(19)20;1-3-5-7-9-11-12-10-8-6-4-2;/h2-17H2,1H3,(H,19,20);1,3-12H2,2H3;/q;;+1/p-1. The molecule has 0 N–H and O–H groups in total. The van der Waals surface area contributed by atoms with Crippen LogP contribution in [0.3, 0.4) is 0 Å². The number of aliphatic carboxylic acids is 1. The first-order chi connectivity index (χ1) is 16.2. The van der Waals surface area contributed by atoms with Crippen molar-refractivity contribution in [3.63, 3.8) is 0 Å². The molecule has 0 saturated carbocycles. The summed E-state index contributed by atoms with van der Waals surface area (Å²) in [4.78, 5) is 10.2. The summed E-state index contributed by atoms with van der Waals surface area (Å²) in [5.41, 5.74) is 0. The van der Waals surface area contributed by atoms with Gasteiger partial charge in [0.25, 0.3) is 0 Å². The Morgan fingerprint density at radius 2 is 0.697 bits per heavy atom. The molecule has 0 aliphatic rings. The molecule has 0 bridgehead atoms. The molecule has 2 nitrogen and oxygen atoms in total. The number of carboxylic acids is 1. The molecule has 0 aromatic rings. The molecule has 3 heteroatoms. The summed E-state index contributed by atoms with van der Waals surface area (Å²) in [5, 5.41) is 11.7. The van der Waals surface area contributed by atoms with Crippen LogP contribution in [0, 0.1) is 0 Å². The second-order valence-corrected chi connectivity index (χ2v) is 11.6. The van der Waals surface area contributed by atoms with Crippen LogP contribution < -0.4 is 5.11 Å². The van der Waals surface area contributed by atoms with E-state index >= 15 is 0 Å². The van der Waals surface area contributed by atoms with Crippen LogP contribution >= 0.6 is 0 Å². The van der Waals surface area contributed by atoms with Crippen molar-refractivity contribution < 1.29 is 28.2 Å². The maximum absolute atomic E-state index is 10.2. The van der Waals surface area contributed by atoms with E-state index in [1.807, 2.05) is 0 Å². The van der Waals surface area contributed by atoms with Gasteiger partial charge in [0, 0.05) is 5.97 Å². The van der Waals surface area contributed by atoms with E-state index in [-0.39, 0.29) is 6.42 Å². The average molecular weight is 518 g/mol. The third kappa shape index (κ3) is 39.6. The molecule has 0 aromatic heterocycles. The normalized spacial score (nSPS) is 10.8. The van der Waals surface area contributed by atoms with E-state index in [0.717, 1.165) is 12.8 Å². The van der Waals surface area contributed by atoms with Crippen molar-refractivity contribution in [2.45, 2.75) is 186 Å². The van der Waals surface area contributed by atoms with E-state index < -0.39 is 5.97 Å². The molecular weight excluding hydrogens is 458 g/mol. The summed E-state index contributed by atoms with van der Waals surface area (Å²) in [6.45, 7) is 4.55. The van der Waals surface area contributed by atoms with Crippen molar-refractivity contribution in [2.75, 3.05) is 0 Å². The Morgan fingerprint density at radius 1 is 0.455 bits per heavy atom. The zero-order valence-electron chi connectivity index (χ0n) is 23.1. The molecule has 0 aliphatic carbocycles. The van der Waals surface area contributed by atoms with Crippen molar-refractivity contribution >= 4 is 5.97 Å². The fourth-order valence-electron chi connectivity index (χ4n) is 4.30. The van der Waals surface area contributed by atoms with Gasteiger partial charge >= 0.3 is 94.4 Å². The number of unbranched alkanes of at least 4 members (excludes halogenated alkanes) is 23. The van der Waals surface area contributed by atoms with Gasteiger partial charge in [-0.15, -0.1) is 0 Å². The van der Waals surface area contributed by atoms with Crippen LogP contribution in [0.15, 0.2) is 0 Å². The Balaban J connectivity index is 0. The SMILES string of the molecule is CCCCCCCCCCCCCCCCCC(=O)[O-].CCCCCCCCCCC[CH2][Zn+]. The number of hydrogen-bond acceptors (Lipinski definition) is 2. The summed E-state index contributed by atoms with van der Waals surface area (Å²) in [6.07, 6.45) is 34.6. The quantitative estimate of drug-likeness (QED) is 0.0845. The van der Waals surface area contributed by atoms with Crippen molar-refractivity contribution in [1.82, 2.24) is 0 Å². The van der Waals surface area contributed by atoms with Gasteiger partial charge in [0.1, 0.15) is 0 Å². The van der Waals surface area contributed by atoms with Crippen molar-refractivity contribution in [2.24, 2.45) is 0 Å². The first kappa shape index (κ1) is 35.3. The number of carboxylic acid groups (broad SMARTS) is 1. The minimum atomic E-state index is -0.903. The molecule has 0 radical (unpaired) electrons. The van der Waals surface area contributed by atoms with Crippen LogP contribution in [-0.2, 0) is 23.1 Å². The Bertz CT molecular complexity index is 336. The molecule has 33 heavy (non-hydrogen) atoms. The topological polar surface area (TPSA) is 40.1 Å². The zero-order chi connectivity index (χ0) is 24.7. The third-order valence-electron chi connectivity index (χ3n) is 6.59. The van der Waals surface area contributed by atoms with Crippen molar-refractivity contribution in [1.29, 1.82) is 0 Å². The van der Waals surface area contributed by atoms with Crippen LogP contribution in [0.25, 0.3) is 0 Å². The van der Waals surface area contributed by atoms with Gasteiger partial charge in [-0.3, -0.25) is 0 Å². The Labute approximate surface area is 219 Å². The summed E-state index contributed by atoms with van der Waals surface area (Å²) < 4.78 is 0. The first-order valence-electron chi connectivity index (χ1n) is 15.2. The second-order valence-electron chi connectivity index (χ2n) is 10.1. The fourth-order valence-corrected chi connectivity index (χ4v) is 5.05. The molecule has 0 fully saturated rings. The van der Waals surface area contributed by atoms with Crippen LogP contribution in [0.1, 0.15) is 181 Å². The molecule has 0 heterocycles. The maximum atomic E-state index is 10.2. The van der Waals surface area contributed by atoms with E-state index in [1.165, 1.54) is 171 Å². The minimum absolute atomic E-state index is 0.234. The van der Waals surface area contributed by atoms with Gasteiger partial charge in [-0.2, -0.15) is 0 Å². The predicted molar refractivity (Wildman–Crippen MR) is 141 cm³/mol. The molecule has 0 unspecified atom stereocenters. The molecule has 0 saturated heterocycles. The molecule has 0 spiro atoms. The number of carbonyl (C=O) groups is 1. The number of hydrogen-bond donors (Lipinski definition) is 0. The van der Waals surface area contributed by atoms with E-state index in [9.17, 15) is 9.90 Å². The summed E-state index contributed by atoms with van der Waals surface area (Å²) in [5.74, 6) is -0.903. The Morgan fingerprint density at radius 3 is 0.939 bits per heavy atom. The third-order valence-corrected chi connectivity index (χ3v) is 7.64. The van der Waals surface area contributed by atoms with Crippen molar-refractivity contribution in [3.05, 3.63) is 0 Å². The van der Waals surface area contributed by atoms with Crippen LogP contribution in [0.4, 0.5) is 0 Å². The van der Waals surface area contributed by atoms with Gasteiger partial charge in [0.15, 0.2) is 0 Å². The first-order valence-corrected chi connectivity index (χ1v) is 17.3. The van der Waals surface area contributed by atoms with Crippen LogP contribution in [0.5, 0.6) is 0 Å².